The summed E-state index contributed by atoms with van der Waals surface area (Å²) in [7, 11) is 0. The Morgan fingerprint density at radius 3 is 2.93 bits per heavy atom. The number of rotatable bonds is 5. The maximum Gasteiger partial charge on any atom is 0.136 e. The van der Waals surface area contributed by atoms with Crippen molar-refractivity contribution in [3.8, 4) is 0 Å². The van der Waals surface area contributed by atoms with Crippen LogP contribution < -0.4 is 0 Å². The Balaban J connectivity index is 1.52. The molecule has 1 saturated heterocycles. The maximum absolute atomic E-state index is 11.4. The summed E-state index contributed by atoms with van der Waals surface area (Å²) in [4.78, 5) is 11.4. The molecule has 1 saturated carbocycles. The zero-order valence-corrected chi connectivity index (χ0v) is 10.1. The lowest BCUT2D eigenvalue weighted by Gasteiger charge is -2.10. The van der Waals surface area contributed by atoms with E-state index in [0.717, 1.165) is 43.8 Å². The lowest BCUT2D eigenvalue weighted by molar-refractivity contribution is -0.120. The van der Waals surface area contributed by atoms with Crippen molar-refractivity contribution in [2.24, 2.45) is 5.92 Å². The van der Waals surface area contributed by atoms with E-state index in [1.165, 1.54) is 12.8 Å². The van der Waals surface area contributed by atoms with Crippen LogP contribution in [0.25, 0.3) is 0 Å². The Labute approximate surface area is 96.1 Å². The van der Waals surface area contributed by atoms with Gasteiger partial charge in [-0.05, 0) is 37.9 Å². The van der Waals surface area contributed by atoms with Gasteiger partial charge in [0.1, 0.15) is 5.78 Å². The highest BCUT2D eigenvalue weighted by Crippen LogP contribution is 2.26. The van der Waals surface area contributed by atoms with Gasteiger partial charge >= 0.3 is 0 Å². The molecule has 0 radical (unpaired) electrons. The van der Waals surface area contributed by atoms with E-state index in [1.54, 1.807) is 0 Å². The van der Waals surface area contributed by atoms with Gasteiger partial charge in [0.2, 0.25) is 0 Å². The molecule has 0 amide bonds. The first-order chi connectivity index (χ1) is 7.36. The average molecular weight is 228 g/mol. The zero-order valence-electron chi connectivity index (χ0n) is 9.24. The number of ketones is 1. The van der Waals surface area contributed by atoms with Crippen LogP contribution in [0.2, 0.25) is 0 Å². The molecule has 2 unspecified atom stereocenters. The molecule has 2 fully saturated rings. The van der Waals surface area contributed by atoms with Gasteiger partial charge in [-0.3, -0.25) is 4.79 Å². The zero-order chi connectivity index (χ0) is 10.5. The SMILES string of the molecule is O=C1CCCC1CCSCC1CCCO1. The summed E-state index contributed by atoms with van der Waals surface area (Å²) in [5.41, 5.74) is 0. The summed E-state index contributed by atoms with van der Waals surface area (Å²) in [5, 5.41) is 0. The minimum atomic E-state index is 0.391. The average Bonchev–Trinajstić information content (AvgIpc) is 2.85. The molecule has 2 nitrogen and oxygen atoms in total. The first kappa shape index (κ1) is 11.5. The van der Waals surface area contributed by atoms with Gasteiger partial charge in [-0.1, -0.05) is 0 Å². The van der Waals surface area contributed by atoms with Gasteiger partial charge in [-0.2, -0.15) is 11.8 Å². The molecule has 2 rings (SSSR count). The molecular formula is C12H20O2S. The third-order valence-electron chi connectivity index (χ3n) is 3.37. The molecule has 86 valence electrons. The predicted octanol–water partition coefficient (Wildman–Crippen LogP) is 2.66. The summed E-state index contributed by atoms with van der Waals surface area (Å²) in [6, 6.07) is 0. The number of hydrogen-bond donors (Lipinski definition) is 0. The van der Waals surface area contributed by atoms with E-state index in [2.05, 4.69) is 0 Å². The van der Waals surface area contributed by atoms with E-state index in [-0.39, 0.29) is 0 Å². The van der Waals surface area contributed by atoms with Crippen molar-refractivity contribution in [3.63, 3.8) is 0 Å². The molecule has 0 N–H and O–H groups in total. The minimum absolute atomic E-state index is 0.391. The molecular weight excluding hydrogens is 208 g/mol. The van der Waals surface area contributed by atoms with Gasteiger partial charge in [0.15, 0.2) is 0 Å². The Morgan fingerprint density at radius 1 is 1.33 bits per heavy atom. The van der Waals surface area contributed by atoms with Crippen molar-refractivity contribution < 1.29 is 9.53 Å². The number of hydrogen-bond acceptors (Lipinski definition) is 3. The van der Waals surface area contributed by atoms with Crippen LogP contribution in [0.3, 0.4) is 0 Å². The van der Waals surface area contributed by atoms with E-state index in [9.17, 15) is 4.79 Å². The molecule has 1 aliphatic carbocycles. The van der Waals surface area contributed by atoms with Crippen molar-refractivity contribution in [1.82, 2.24) is 0 Å². The van der Waals surface area contributed by atoms with E-state index in [1.807, 2.05) is 11.8 Å². The second-order valence-electron chi connectivity index (χ2n) is 4.55. The van der Waals surface area contributed by atoms with Crippen LogP contribution in [0.4, 0.5) is 0 Å². The van der Waals surface area contributed by atoms with Crippen molar-refractivity contribution in [3.05, 3.63) is 0 Å². The lowest BCUT2D eigenvalue weighted by Crippen LogP contribution is -2.10. The number of ether oxygens (including phenoxy) is 1. The Hall–Kier alpha value is -0.0200. The number of carbonyl (C=O) groups excluding carboxylic acids is 1. The van der Waals surface area contributed by atoms with Crippen molar-refractivity contribution >= 4 is 17.5 Å². The Morgan fingerprint density at radius 2 is 2.27 bits per heavy atom. The smallest absolute Gasteiger partial charge is 0.136 e. The molecule has 2 atom stereocenters. The first-order valence-electron chi connectivity index (χ1n) is 6.08. The standard InChI is InChI=1S/C12H20O2S/c13-12-5-1-3-10(12)6-8-15-9-11-4-2-7-14-11/h10-11H,1-9H2. The number of thioether (sulfide) groups is 1. The van der Waals surface area contributed by atoms with Gasteiger partial charge in [0, 0.05) is 24.7 Å². The molecule has 15 heavy (non-hydrogen) atoms. The molecule has 1 aliphatic heterocycles. The summed E-state index contributed by atoms with van der Waals surface area (Å²) in [6.45, 7) is 0.951. The molecule has 1 heterocycles. The molecule has 0 bridgehead atoms. The highest BCUT2D eigenvalue weighted by Gasteiger charge is 2.23. The van der Waals surface area contributed by atoms with E-state index in [4.69, 9.17) is 4.74 Å². The first-order valence-corrected chi connectivity index (χ1v) is 7.24. The highest BCUT2D eigenvalue weighted by molar-refractivity contribution is 7.99. The lowest BCUT2D eigenvalue weighted by atomic mass is 10.1. The molecule has 2 aliphatic rings. The van der Waals surface area contributed by atoms with Crippen LogP contribution in [0.1, 0.15) is 38.5 Å². The summed E-state index contributed by atoms with van der Waals surface area (Å²) < 4.78 is 5.56. The van der Waals surface area contributed by atoms with Crippen LogP contribution in [0.15, 0.2) is 0 Å². The largest absolute Gasteiger partial charge is 0.377 e. The molecule has 0 aromatic heterocycles. The van der Waals surface area contributed by atoms with Crippen molar-refractivity contribution in [2.75, 3.05) is 18.1 Å². The van der Waals surface area contributed by atoms with Gasteiger partial charge in [0.05, 0.1) is 6.10 Å². The molecule has 3 heteroatoms. The summed E-state index contributed by atoms with van der Waals surface area (Å²) in [5.74, 6) is 3.16. The molecule has 0 aromatic rings. The summed E-state index contributed by atoms with van der Waals surface area (Å²) >= 11 is 1.96. The van der Waals surface area contributed by atoms with Gasteiger partial charge in [-0.25, -0.2) is 0 Å². The fourth-order valence-corrected chi connectivity index (χ4v) is 3.55. The van der Waals surface area contributed by atoms with E-state index < -0.39 is 0 Å². The van der Waals surface area contributed by atoms with Crippen molar-refractivity contribution in [1.29, 1.82) is 0 Å². The highest BCUT2D eigenvalue weighted by atomic mass is 32.2. The van der Waals surface area contributed by atoms with Crippen LogP contribution >= 0.6 is 11.8 Å². The van der Waals surface area contributed by atoms with Crippen LogP contribution in [0, 0.1) is 5.92 Å². The quantitative estimate of drug-likeness (QED) is 0.677. The van der Waals surface area contributed by atoms with Crippen molar-refractivity contribution in [2.45, 2.75) is 44.6 Å². The topological polar surface area (TPSA) is 26.3 Å². The predicted molar refractivity (Wildman–Crippen MR) is 63.3 cm³/mol. The van der Waals surface area contributed by atoms with Crippen LogP contribution in [-0.2, 0) is 9.53 Å². The van der Waals surface area contributed by atoms with Crippen LogP contribution in [-0.4, -0.2) is 30.0 Å². The Kier molecular flexibility index (Phi) is 4.51. The Bertz CT molecular complexity index is 212. The van der Waals surface area contributed by atoms with Crippen LogP contribution in [0.5, 0.6) is 0 Å². The number of carbonyl (C=O) groups is 1. The fourth-order valence-electron chi connectivity index (χ4n) is 2.41. The minimum Gasteiger partial charge on any atom is -0.377 e. The fraction of sp³-hybridized carbons (Fsp3) is 0.917. The molecule has 0 spiro atoms. The van der Waals surface area contributed by atoms with Gasteiger partial charge in [0.25, 0.3) is 0 Å². The van der Waals surface area contributed by atoms with E-state index in [0.29, 0.717) is 17.8 Å². The monoisotopic (exact) mass is 228 g/mol. The number of Topliss-reactive ketones (excluding diaryl/α,β-unsaturated/α-hetero) is 1. The normalized spacial score (nSPS) is 31.3. The third kappa shape index (κ3) is 3.49. The second-order valence-corrected chi connectivity index (χ2v) is 5.70. The van der Waals surface area contributed by atoms with Gasteiger partial charge in [-0.15, -0.1) is 0 Å². The second kappa shape index (κ2) is 5.90. The van der Waals surface area contributed by atoms with E-state index >= 15 is 0 Å². The molecule has 0 aromatic carbocycles. The third-order valence-corrected chi connectivity index (χ3v) is 4.50. The van der Waals surface area contributed by atoms with Gasteiger partial charge < -0.3 is 4.74 Å². The summed E-state index contributed by atoms with van der Waals surface area (Å²) in [6.07, 6.45) is 7.15. The maximum atomic E-state index is 11.4.